The molecule has 3 rings (SSSR count). The highest BCUT2D eigenvalue weighted by Gasteiger charge is 2.05. The zero-order valence-corrected chi connectivity index (χ0v) is 17.0. The van der Waals surface area contributed by atoms with Crippen LogP contribution in [0.3, 0.4) is 0 Å². The second kappa shape index (κ2) is 10.6. The standard InChI is InChI=1S/C26H22O5/c1-30-26-17-20(11-16-25(26)29)8-13-22(28)18-21(27)12-7-19-9-14-24(15-10-19)31-23-5-3-2-4-6-23/h2-17,29H,18H2,1H3. The molecule has 0 atom stereocenters. The Morgan fingerprint density at radius 1 is 0.806 bits per heavy atom. The lowest BCUT2D eigenvalue weighted by atomic mass is 10.1. The maximum absolute atomic E-state index is 12.1. The molecule has 0 aliphatic carbocycles. The summed E-state index contributed by atoms with van der Waals surface area (Å²) in [4.78, 5) is 24.1. The fraction of sp³-hybridized carbons (Fsp3) is 0.0769. The molecule has 3 aromatic carbocycles. The number of hydrogen-bond acceptors (Lipinski definition) is 5. The van der Waals surface area contributed by atoms with E-state index in [1.807, 2.05) is 54.6 Å². The van der Waals surface area contributed by atoms with Gasteiger partial charge in [-0.15, -0.1) is 0 Å². The first kappa shape index (κ1) is 21.6. The number of aromatic hydroxyl groups is 1. The van der Waals surface area contributed by atoms with Gasteiger partial charge in [0.15, 0.2) is 23.1 Å². The second-order valence-electron chi connectivity index (χ2n) is 6.69. The van der Waals surface area contributed by atoms with Crippen LogP contribution >= 0.6 is 0 Å². The number of rotatable bonds is 9. The Morgan fingerprint density at radius 2 is 1.39 bits per heavy atom. The molecule has 0 radical (unpaired) electrons. The quantitative estimate of drug-likeness (QED) is 0.372. The summed E-state index contributed by atoms with van der Waals surface area (Å²) in [5, 5.41) is 9.59. The van der Waals surface area contributed by atoms with Gasteiger partial charge in [-0.05, 0) is 59.7 Å². The molecule has 0 spiro atoms. The molecular weight excluding hydrogens is 392 g/mol. The predicted molar refractivity (Wildman–Crippen MR) is 120 cm³/mol. The maximum Gasteiger partial charge on any atom is 0.163 e. The fourth-order valence-corrected chi connectivity index (χ4v) is 2.74. The van der Waals surface area contributed by atoms with Crippen molar-refractivity contribution in [3.8, 4) is 23.0 Å². The summed E-state index contributed by atoms with van der Waals surface area (Å²) in [6.07, 6.45) is 5.75. The maximum atomic E-state index is 12.1. The molecule has 5 heteroatoms. The molecule has 0 amide bonds. The SMILES string of the molecule is COc1cc(C=CC(=O)CC(=O)C=Cc2ccc(Oc3ccccc3)cc2)ccc1O. The van der Waals surface area contributed by atoms with Crippen LogP contribution < -0.4 is 9.47 Å². The number of phenols is 1. The zero-order valence-electron chi connectivity index (χ0n) is 17.0. The van der Waals surface area contributed by atoms with Gasteiger partial charge in [-0.2, -0.15) is 0 Å². The molecule has 0 unspecified atom stereocenters. The molecule has 0 fully saturated rings. The van der Waals surface area contributed by atoms with Crippen molar-refractivity contribution in [1.29, 1.82) is 0 Å². The van der Waals surface area contributed by atoms with Crippen molar-refractivity contribution in [3.63, 3.8) is 0 Å². The Balaban J connectivity index is 1.52. The van der Waals surface area contributed by atoms with E-state index in [-0.39, 0.29) is 23.7 Å². The number of carbonyl (C=O) groups is 2. The van der Waals surface area contributed by atoms with E-state index < -0.39 is 0 Å². The van der Waals surface area contributed by atoms with Crippen molar-refractivity contribution in [3.05, 3.63) is 96.1 Å². The summed E-state index contributed by atoms with van der Waals surface area (Å²) in [5.74, 6) is 1.18. The lowest BCUT2D eigenvalue weighted by molar-refractivity contribution is -0.121. The molecule has 0 saturated heterocycles. The molecule has 31 heavy (non-hydrogen) atoms. The van der Waals surface area contributed by atoms with E-state index in [9.17, 15) is 14.7 Å². The van der Waals surface area contributed by atoms with Gasteiger partial charge in [-0.1, -0.05) is 48.6 Å². The minimum Gasteiger partial charge on any atom is -0.504 e. The summed E-state index contributed by atoms with van der Waals surface area (Å²) in [6, 6.07) is 21.5. The average molecular weight is 414 g/mol. The van der Waals surface area contributed by atoms with E-state index in [1.54, 1.807) is 24.3 Å². The van der Waals surface area contributed by atoms with Crippen LogP contribution in [-0.4, -0.2) is 23.8 Å². The molecule has 0 saturated carbocycles. The van der Waals surface area contributed by atoms with Crippen molar-refractivity contribution in [2.75, 3.05) is 7.11 Å². The third kappa shape index (κ3) is 6.72. The smallest absolute Gasteiger partial charge is 0.163 e. The summed E-state index contributed by atoms with van der Waals surface area (Å²) < 4.78 is 10.8. The third-order valence-corrected chi connectivity index (χ3v) is 4.33. The normalized spacial score (nSPS) is 11.0. The number of allylic oxidation sites excluding steroid dienone is 2. The van der Waals surface area contributed by atoms with E-state index in [4.69, 9.17) is 9.47 Å². The lowest BCUT2D eigenvalue weighted by Gasteiger charge is -2.05. The molecule has 1 N–H and O–H groups in total. The number of carbonyl (C=O) groups excluding carboxylic acids is 2. The van der Waals surface area contributed by atoms with Gasteiger partial charge in [0.1, 0.15) is 11.5 Å². The first-order valence-electron chi connectivity index (χ1n) is 9.65. The van der Waals surface area contributed by atoms with Crippen LogP contribution in [0.1, 0.15) is 17.5 Å². The predicted octanol–water partition coefficient (Wildman–Crippen LogP) is 5.45. The largest absolute Gasteiger partial charge is 0.504 e. The molecule has 5 nitrogen and oxygen atoms in total. The Morgan fingerprint density at radius 3 is 2.03 bits per heavy atom. The Bertz CT molecular complexity index is 1100. The monoisotopic (exact) mass is 414 g/mol. The molecule has 0 heterocycles. The Labute approximate surface area is 180 Å². The number of phenolic OH excluding ortho intramolecular Hbond substituents is 1. The first-order chi connectivity index (χ1) is 15.0. The van der Waals surface area contributed by atoms with E-state index in [2.05, 4.69) is 0 Å². The first-order valence-corrected chi connectivity index (χ1v) is 9.65. The average Bonchev–Trinajstić information content (AvgIpc) is 2.79. The van der Waals surface area contributed by atoms with Gasteiger partial charge in [0.25, 0.3) is 0 Å². The van der Waals surface area contributed by atoms with Gasteiger partial charge < -0.3 is 14.6 Å². The highest BCUT2D eigenvalue weighted by atomic mass is 16.5. The van der Waals surface area contributed by atoms with E-state index in [0.717, 1.165) is 11.3 Å². The highest BCUT2D eigenvalue weighted by Crippen LogP contribution is 2.26. The van der Waals surface area contributed by atoms with E-state index in [0.29, 0.717) is 17.1 Å². The summed E-state index contributed by atoms with van der Waals surface area (Å²) >= 11 is 0. The van der Waals surface area contributed by atoms with Crippen LogP contribution in [0.4, 0.5) is 0 Å². The molecule has 0 bridgehead atoms. The van der Waals surface area contributed by atoms with Crippen LogP contribution in [0, 0.1) is 0 Å². The van der Waals surface area contributed by atoms with Crippen molar-refractivity contribution in [1.82, 2.24) is 0 Å². The van der Waals surface area contributed by atoms with Crippen LogP contribution in [0.2, 0.25) is 0 Å². The molecule has 0 aromatic heterocycles. The van der Waals surface area contributed by atoms with Gasteiger partial charge in [-0.25, -0.2) is 0 Å². The second-order valence-corrected chi connectivity index (χ2v) is 6.69. The number of ether oxygens (including phenoxy) is 2. The fourth-order valence-electron chi connectivity index (χ4n) is 2.74. The number of benzene rings is 3. The van der Waals surface area contributed by atoms with Gasteiger partial charge in [0.05, 0.1) is 13.5 Å². The van der Waals surface area contributed by atoms with Gasteiger partial charge in [-0.3, -0.25) is 9.59 Å². The number of para-hydroxylation sites is 1. The summed E-state index contributed by atoms with van der Waals surface area (Å²) in [5.41, 5.74) is 1.51. The summed E-state index contributed by atoms with van der Waals surface area (Å²) in [7, 11) is 1.45. The van der Waals surface area contributed by atoms with Crippen molar-refractivity contribution >= 4 is 23.7 Å². The lowest BCUT2D eigenvalue weighted by Crippen LogP contribution is -2.01. The van der Waals surface area contributed by atoms with Crippen LogP contribution in [0.15, 0.2) is 84.9 Å². The number of methoxy groups -OCH3 is 1. The zero-order chi connectivity index (χ0) is 22.1. The minimum atomic E-state index is -0.312. The van der Waals surface area contributed by atoms with Gasteiger partial charge >= 0.3 is 0 Å². The van der Waals surface area contributed by atoms with Crippen LogP contribution in [0.25, 0.3) is 12.2 Å². The highest BCUT2D eigenvalue weighted by molar-refractivity contribution is 6.10. The third-order valence-electron chi connectivity index (χ3n) is 4.33. The van der Waals surface area contributed by atoms with Crippen molar-refractivity contribution < 1.29 is 24.2 Å². The molecular formula is C26H22O5. The van der Waals surface area contributed by atoms with Crippen LogP contribution in [-0.2, 0) is 9.59 Å². The van der Waals surface area contributed by atoms with Gasteiger partial charge in [0.2, 0.25) is 0 Å². The summed E-state index contributed by atoms with van der Waals surface area (Å²) in [6.45, 7) is 0. The minimum absolute atomic E-state index is 0.0194. The van der Waals surface area contributed by atoms with Crippen molar-refractivity contribution in [2.24, 2.45) is 0 Å². The number of hydrogen-bond donors (Lipinski definition) is 1. The van der Waals surface area contributed by atoms with Gasteiger partial charge in [0, 0.05) is 0 Å². The molecule has 0 aliphatic rings. The van der Waals surface area contributed by atoms with E-state index in [1.165, 1.54) is 25.3 Å². The Kier molecular flexibility index (Phi) is 7.38. The number of ketones is 2. The Hall–Kier alpha value is -4.12. The van der Waals surface area contributed by atoms with E-state index >= 15 is 0 Å². The molecule has 0 aliphatic heterocycles. The molecule has 156 valence electrons. The topological polar surface area (TPSA) is 72.8 Å². The van der Waals surface area contributed by atoms with Crippen LogP contribution in [0.5, 0.6) is 23.0 Å². The van der Waals surface area contributed by atoms with Crippen molar-refractivity contribution in [2.45, 2.75) is 6.42 Å². The molecule has 3 aromatic rings.